The van der Waals surface area contributed by atoms with E-state index in [1.807, 2.05) is 13.8 Å². The van der Waals surface area contributed by atoms with Crippen LogP contribution in [0.15, 0.2) is 41.5 Å². The second-order valence-corrected chi connectivity index (χ2v) is 8.66. The van der Waals surface area contributed by atoms with Gasteiger partial charge in [0.05, 0.1) is 26.5 Å². The van der Waals surface area contributed by atoms with Crippen molar-refractivity contribution >= 4 is 45.7 Å². The predicted molar refractivity (Wildman–Crippen MR) is 131 cm³/mol. The number of nitrogens with one attached hydrogen (secondary N) is 1. The highest BCUT2D eigenvalue weighted by atomic mass is 35.5. The highest BCUT2D eigenvalue weighted by molar-refractivity contribution is 6.42. The summed E-state index contributed by atoms with van der Waals surface area (Å²) in [7, 11) is 0. The van der Waals surface area contributed by atoms with Crippen LogP contribution in [0.25, 0.3) is 10.9 Å². The number of alkyl halides is 1. The largest absolute Gasteiger partial charge is 0.377 e. The maximum Gasteiger partial charge on any atom is 0.377 e. The number of fused-ring (bicyclic) bond motifs is 1. The fraction of sp³-hybridized carbons (Fsp3) is 0.348. The van der Waals surface area contributed by atoms with Crippen molar-refractivity contribution in [1.82, 2.24) is 14.5 Å². The molecule has 0 saturated carbocycles. The predicted octanol–water partition coefficient (Wildman–Crippen LogP) is 2.92. The quantitative estimate of drug-likeness (QED) is 0.287. The molecular formula is C23H24Cl2F2N4O5. The van der Waals surface area contributed by atoms with Crippen molar-refractivity contribution in [2.45, 2.75) is 31.9 Å². The fourth-order valence-electron chi connectivity index (χ4n) is 4.13. The summed E-state index contributed by atoms with van der Waals surface area (Å²) in [6.07, 6.45) is -2.57. The van der Waals surface area contributed by atoms with E-state index < -0.39 is 35.6 Å². The van der Waals surface area contributed by atoms with Gasteiger partial charge in [0, 0.05) is 24.3 Å². The number of likely N-dealkylation sites (tertiary alicyclic amines) is 1. The van der Waals surface area contributed by atoms with Gasteiger partial charge in [0.1, 0.15) is 12.1 Å². The van der Waals surface area contributed by atoms with E-state index in [9.17, 15) is 29.3 Å². The van der Waals surface area contributed by atoms with Crippen LogP contribution in [0.4, 0.5) is 14.5 Å². The topological polar surface area (TPSA) is 128 Å². The van der Waals surface area contributed by atoms with E-state index in [0.29, 0.717) is 0 Å². The number of benzene rings is 2. The Hall–Kier alpha value is -2.83. The van der Waals surface area contributed by atoms with Gasteiger partial charge in [-0.25, -0.2) is 18.3 Å². The summed E-state index contributed by atoms with van der Waals surface area (Å²) in [6.45, 7) is 2.73. The monoisotopic (exact) mass is 544 g/mol. The molecule has 2 heterocycles. The fourth-order valence-corrected chi connectivity index (χ4v) is 4.62. The van der Waals surface area contributed by atoms with Crippen LogP contribution in [-0.4, -0.2) is 55.4 Å². The number of aliphatic hydroxyl groups is 3. The molecule has 0 radical (unpaired) electrons. The van der Waals surface area contributed by atoms with Gasteiger partial charge in [0.25, 0.3) is 11.5 Å². The summed E-state index contributed by atoms with van der Waals surface area (Å²) in [5, 5.41) is 31.2. The summed E-state index contributed by atoms with van der Waals surface area (Å²) in [6, 6.07) is 6.69. The normalized spacial score (nSPS) is 17.6. The molecule has 0 spiro atoms. The highest BCUT2D eigenvalue weighted by Gasteiger charge is 2.45. The average molecular weight is 545 g/mol. The van der Waals surface area contributed by atoms with E-state index in [0.717, 1.165) is 12.4 Å². The van der Waals surface area contributed by atoms with E-state index in [2.05, 4.69) is 10.3 Å². The van der Waals surface area contributed by atoms with Crippen molar-refractivity contribution in [3.8, 4) is 0 Å². The van der Waals surface area contributed by atoms with E-state index in [1.54, 1.807) is 0 Å². The van der Waals surface area contributed by atoms with Crippen LogP contribution >= 0.6 is 23.2 Å². The molecule has 13 heteroatoms. The van der Waals surface area contributed by atoms with E-state index in [4.69, 9.17) is 23.2 Å². The second-order valence-electron chi connectivity index (χ2n) is 7.88. The second kappa shape index (κ2) is 10.7. The maximum absolute atomic E-state index is 15.0. The van der Waals surface area contributed by atoms with Gasteiger partial charge >= 0.3 is 6.10 Å². The lowest BCUT2D eigenvalue weighted by molar-refractivity contribution is -0.377. The first kappa shape index (κ1) is 27.8. The molecule has 1 amide bonds. The van der Waals surface area contributed by atoms with Gasteiger partial charge in [-0.2, -0.15) is 0 Å². The van der Waals surface area contributed by atoms with Gasteiger partial charge in [-0.1, -0.05) is 37.0 Å². The van der Waals surface area contributed by atoms with Gasteiger partial charge in [0.2, 0.25) is 0 Å². The number of carbonyl (C=O) groups is 1. The van der Waals surface area contributed by atoms with Crippen LogP contribution in [-0.2, 0) is 16.4 Å². The van der Waals surface area contributed by atoms with Crippen LogP contribution in [0.5, 0.6) is 0 Å². The Balaban J connectivity index is 0.00000176. The van der Waals surface area contributed by atoms with Crippen molar-refractivity contribution in [2.75, 3.05) is 25.1 Å². The Morgan fingerprint density at radius 1 is 1.22 bits per heavy atom. The molecule has 4 N–H and O–H groups in total. The lowest BCUT2D eigenvalue weighted by atomic mass is 9.87. The third-order valence-corrected chi connectivity index (χ3v) is 6.53. The Bertz CT molecular complexity index is 1350. The summed E-state index contributed by atoms with van der Waals surface area (Å²) >= 11 is 12.5. The molecule has 1 atom stereocenters. The number of halogens is 4. The number of anilines is 1. The molecule has 194 valence electrons. The van der Waals surface area contributed by atoms with Gasteiger partial charge in [0.15, 0.2) is 6.67 Å². The summed E-state index contributed by atoms with van der Waals surface area (Å²) in [5.74, 6) is -1.48. The molecular weight excluding hydrogens is 521 g/mol. The molecule has 9 nitrogen and oxygen atoms in total. The molecule has 36 heavy (non-hydrogen) atoms. The minimum absolute atomic E-state index is 0.0281. The molecule has 4 rings (SSSR count). The van der Waals surface area contributed by atoms with Crippen molar-refractivity contribution in [2.24, 2.45) is 0 Å². The molecule has 0 aliphatic carbocycles. The smallest absolute Gasteiger partial charge is 0.374 e. The van der Waals surface area contributed by atoms with Crippen molar-refractivity contribution in [3.63, 3.8) is 0 Å². The zero-order chi connectivity index (χ0) is 26.8. The van der Waals surface area contributed by atoms with E-state index >= 15 is 4.39 Å². The Morgan fingerprint density at radius 3 is 2.56 bits per heavy atom. The van der Waals surface area contributed by atoms with Gasteiger partial charge in [-0.3, -0.25) is 9.59 Å². The van der Waals surface area contributed by atoms with E-state index in [1.165, 1.54) is 29.2 Å². The number of aromatic nitrogens is 2. The molecule has 0 bridgehead atoms. The third kappa shape index (κ3) is 5.16. The average Bonchev–Trinajstić information content (AvgIpc) is 3.26. The van der Waals surface area contributed by atoms with E-state index in [-0.39, 0.29) is 56.3 Å². The zero-order valence-corrected chi connectivity index (χ0v) is 20.8. The van der Waals surface area contributed by atoms with Crippen LogP contribution in [0, 0.1) is 5.82 Å². The van der Waals surface area contributed by atoms with Crippen LogP contribution in [0.2, 0.25) is 10.0 Å². The van der Waals surface area contributed by atoms with Crippen molar-refractivity contribution in [3.05, 3.63) is 68.4 Å². The number of nitrogens with zero attached hydrogens (tertiary/aromatic N) is 3. The van der Waals surface area contributed by atoms with Gasteiger partial charge < -0.3 is 25.5 Å². The van der Waals surface area contributed by atoms with Gasteiger partial charge in [-0.05, 0) is 36.8 Å². The lowest BCUT2D eigenvalue weighted by Crippen LogP contribution is -2.42. The third-order valence-electron chi connectivity index (χ3n) is 5.72. The molecule has 3 aromatic rings. The first-order chi connectivity index (χ1) is 17.0. The number of rotatable bonds is 5. The first-order valence-electron chi connectivity index (χ1n) is 10.9. The Labute approximate surface area is 214 Å². The summed E-state index contributed by atoms with van der Waals surface area (Å²) < 4.78 is 28.3. The highest BCUT2D eigenvalue weighted by Crippen LogP contribution is 2.43. The Morgan fingerprint density at radius 2 is 1.92 bits per heavy atom. The van der Waals surface area contributed by atoms with Crippen LogP contribution < -0.4 is 10.9 Å². The molecule has 1 aliphatic rings. The lowest BCUT2D eigenvalue weighted by Gasteiger charge is -2.33. The number of carbonyl (C=O) groups excluding carboxylic acids is 1. The molecule has 1 aromatic heterocycles. The van der Waals surface area contributed by atoms with Gasteiger partial charge in [-0.15, -0.1) is 0 Å². The number of hydrogen-bond acceptors (Lipinski definition) is 7. The van der Waals surface area contributed by atoms with Crippen molar-refractivity contribution in [1.29, 1.82) is 0 Å². The zero-order valence-electron chi connectivity index (χ0n) is 19.3. The SMILES string of the molecule is CC.O=C(CF)N1CCC(Nc2ccc3ncn(C(O)(O)O)c(=O)c3c2)(c2c(F)ccc(Cl)c2Cl)C1. The first-order valence-corrected chi connectivity index (χ1v) is 11.7. The molecule has 1 unspecified atom stereocenters. The minimum atomic E-state index is -3.47. The molecule has 1 aliphatic heterocycles. The van der Waals surface area contributed by atoms with Crippen LogP contribution in [0.3, 0.4) is 0 Å². The Kier molecular flexibility index (Phi) is 8.21. The summed E-state index contributed by atoms with van der Waals surface area (Å²) in [4.78, 5) is 29.8. The standard InChI is InChI=1S/C21H18Cl2F2N4O5.C2H6/c22-13-2-3-14(25)17(18(13)23)20(5-6-28(9-20)16(30)8-24)27-11-1-4-15-12(7-11)19(31)29(10-26-15)21(32,33)34;1-2/h1-4,7,10,27,32-34H,5-6,8-9H2;1-2H3. The molecule has 1 saturated heterocycles. The minimum Gasteiger partial charge on any atom is -0.374 e. The maximum atomic E-state index is 15.0. The number of hydrogen-bond donors (Lipinski definition) is 4. The summed E-state index contributed by atoms with van der Waals surface area (Å²) in [5.41, 5.74) is -1.89. The van der Waals surface area contributed by atoms with Crippen molar-refractivity contribution < 1.29 is 28.9 Å². The molecule has 2 aromatic carbocycles. The number of amides is 1. The van der Waals surface area contributed by atoms with Crippen LogP contribution in [0.1, 0.15) is 25.8 Å². The molecule has 1 fully saturated rings.